The van der Waals surface area contributed by atoms with E-state index < -0.39 is 6.16 Å². The average molecular weight is 238 g/mol. The monoisotopic (exact) mass is 238 g/mol. The zero-order chi connectivity index (χ0) is 11.1. The summed E-state index contributed by atoms with van der Waals surface area (Å²) < 4.78 is 10.0. The highest BCUT2D eigenvalue weighted by molar-refractivity contribution is 8.76. The van der Waals surface area contributed by atoms with Gasteiger partial charge in [-0.15, -0.1) is 0 Å². The normalized spacial score (nSPS) is 13.1. The third kappa shape index (κ3) is 6.43. The molecular weight excluding hydrogens is 220 g/mol. The van der Waals surface area contributed by atoms with Gasteiger partial charge in [-0.1, -0.05) is 24.6 Å². The van der Waals surface area contributed by atoms with Crippen molar-refractivity contribution in [3.63, 3.8) is 0 Å². The Bertz CT molecular complexity index is 171. The first-order chi connectivity index (χ1) is 6.47. The van der Waals surface area contributed by atoms with Crippen molar-refractivity contribution < 1.29 is 14.3 Å². The Morgan fingerprint density at radius 2 is 1.71 bits per heavy atom. The standard InChI is InChI=1S/C9H18O3S2/c1-6(2)8(14-13-5)12-9(10)11-7(3)4/h6-8H,1-5H3/t8-/m1/s1. The van der Waals surface area contributed by atoms with Crippen molar-refractivity contribution in [1.29, 1.82) is 0 Å². The summed E-state index contributed by atoms with van der Waals surface area (Å²) >= 11 is 0. The van der Waals surface area contributed by atoms with Crippen LogP contribution in [0.4, 0.5) is 4.79 Å². The zero-order valence-electron chi connectivity index (χ0n) is 9.27. The van der Waals surface area contributed by atoms with Gasteiger partial charge in [0.05, 0.1) is 6.10 Å². The summed E-state index contributed by atoms with van der Waals surface area (Å²) in [7, 11) is 3.12. The van der Waals surface area contributed by atoms with Crippen molar-refractivity contribution in [2.24, 2.45) is 5.92 Å². The quantitative estimate of drug-likeness (QED) is 0.416. The topological polar surface area (TPSA) is 35.5 Å². The molecule has 84 valence electrons. The third-order valence-corrected chi connectivity index (χ3v) is 3.45. The molecule has 3 nitrogen and oxygen atoms in total. The molecule has 0 rings (SSSR count). The van der Waals surface area contributed by atoms with Gasteiger partial charge in [-0.25, -0.2) is 4.79 Å². The van der Waals surface area contributed by atoms with Crippen LogP contribution in [0.25, 0.3) is 0 Å². The van der Waals surface area contributed by atoms with Crippen molar-refractivity contribution >= 4 is 27.7 Å². The first-order valence-corrected chi connectivity index (χ1v) is 7.16. The van der Waals surface area contributed by atoms with Crippen molar-refractivity contribution in [1.82, 2.24) is 0 Å². The van der Waals surface area contributed by atoms with E-state index in [4.69, 9.17) is 9.47 Å². The molecule has 0 aromatic rings. The second-order valence-electron chi connectivity index (χ2n) is 3.41. The molecular formula is C9H18O3S2. The molecule has 0 aromatic heterocycles. The number of rotatable bonds is 5. The van der Waals surface area contributed by atoms with Gasteiger partial charge < -0.3 is 9.47 Å². The maximum Gasteiger partial charge on any atom is 0.509 e. The highest BCUT2D eigenvalue weighted by Gasteiger charge is 2.20. The molecule has 0 fully saturated rings. The van der Waals surface area contributed by atoms with E-state index in [1.807, 2.05) is 20.1 Å². The van der Waals surface area contributed by atoms with Crippen molar-refractivity contribution in [2.45, 2.75) is 39.2 Å². The molecule has 0 aliphatic carbocycles. The second kappa shape index (κ2) is 7.29. The lowest BCUT2D eigenvalue weighted by molar-refractivity contribution is 0.0196. The fraction of sp³-hybridized carbons (Fsp3) is 0.889. The first-order valence-electron chi connectivity index (χ1n) is 4.54. The van der Waals surface area contributed by atoms with Crippen LogP contribution in [0.1, 0.15) is 27.7 Å². The van der Waals surface area contributed by atoms with Gasteiger partial charge >= 0.3 is 6.16 Å². The van der Waals surface area contributed by atoms with Crippen LogP contribution < -0.4 is 0 Å². The lowest BCUT2D eigenvalue weighted by atomic mass is 10.2. The first kappa shape index (κ1) is 14.0. The molecule has 0 spiro atoms. The summed E-state index contributed by atoms with van der Waals surface area (Å²) in [5, 5.41) is 0. The smallest absolute Gasteiger partial charge is 0.432 e. The third-order valence-electron chi connectivity index (χ3n) is 1.28. The Balaban J connectivity index is 3.96. The van der Waals surface area contributed by atoms with E-state index in [0.29, 0.717) is 0 Å². The predicted octanol–water partition coefficient (Wildman–Crippen LogP) is 3.54. The molecule has 5 heteroatoms. The molecule has 0 N–H and O–H groups in total. The molecule has 0 aliphatic heterocycles. The summed E-state index contributed by atoms with van der Waals surface area (Å²) in [6.45, 7) is 7.62. The van der Waals surface area contributed by atoms with Gasteiger partial charge in [0.25, 0.3) is 0 Å². The van der Waals surface area contributed by atoms with Crippen LogP contribution >= 0.6 is 21.6 Å². The molecule has 0 saturated heterocycles. The summed E-state index contributed by atoms with van der Waals surface area (Å²) in [6, 6.07) is 0. The highest BCUT2D eigenvalue weighted by Crippen LogP contribution is 2.30. The number of ether oxygens (including phenoxy) is 2. The van der Waals surface area contributed by atoms with Gasteiger partial charge in [-0.2, -0.15) is 0 Å². The lowest BCUT2D eigenvalue weighted by Crippen LogP contribution is -2.22. The van der Waals surface area contributed by atoms with E-state index in [1.54, 1.807) is 24.6 Å². The Hall–Kier alpha value is -0.0300. The Morgan fingerprint density at radius 1 is 1.14 bits per heavy atom. The molecule has 0 aliphatic rings. The Labute approximate surface area is 93.7 Å². The fourth-order valence-electron chi connectivity index (χ4n) is 0.677. The summed E-state index contributed by atoms with van der Waals surface area (Å²) in [4.78, 5) is 11.2. The van der Waals surface area contributed by atoms with Crippen molar-refractivity contribution in [3.05, 3.63) is 0 Å². The Kier molecular flexibility index (Phi) is 7.27. The van der Waals surface area contributed by atoms with E-state index in [2.05, 4.69) is 0 Å². The van der Waals surface area contributed by atoms with E-state index in [9.17, 15) is 4.79 Å². The van der Waals surface area contributed by atoms with Crippen LogP contribution in [0.3, 0.4) is 0 Å². The van der Waals surface area contributed by atoms with E-state index in [0.717, 1.165) is 0 Å². The Morgan fingerprint density at radius 3 is 2.07 bits per heavy atom. The van der Waals surface area contributed by atoms with Crippen LogP contribution in [0.5, 0.6) is 0 Å². The second-order valence-corrected chi connectivity index (χ2v) is 5.98. The summed E-state index contributed by atoms with van der Waals surface area (Å²) in [5.74, 6) is 0.284. The number of hydrogen-bond acceptors (Lipinski definition) is 5. The van der Waals surface area contributed by atoms with E-state index in [-0.39, 0.29) is 17.5 Å². The van der Waals surface area contributed by atoms with E-state index in [1.165, 1.54) is 10.8 Å². The van der Waals surface area contributed by atoms with Gasteiger partial charge in [-0.05, 0) is 30.9 Å². The molecule has 1 atom stereocenters. The molecule has 0 radical (unpaired) electrons. The predicted molar refractivity (Wildman–Crippen MR) is 62.4 cm³/mol. The maximum atomic E-state index is 11.2. The molecule has 0 heterocycles. The lowest BCUT2D eigenvalue weighted by Gasteiger charge is -2.19. The van der Waals surface area contributed by atoms with Crippen molar-refractivity contribution in [3.8, 4) is 0 Å². The van der Waals surface area contributed by atoms with Crippen LogP contribution in [-0.2, 0) is 9.47 Å². The molecule has 0 bridgehead atoms. The van der Waals surface area contributed by atoms with Gasteiger partial charge in [-0.3, -0.25) is 0 Å². The maximum absolute atomic E-state index is 11.2. The highest BCUT2D eigenvalue weighted by atomic mass is 33.1. The number of hydrogen-bond donors (Lipinski definition) is 0. The minimum absolute atomic E-state index is 0.130. The molecule has 14 heavy (non-hydrogen) atoms. The van der Waals surface area contributed by atoms with Gasteiger partial charge in [0.15, 0.2) is 5.44 Å². The number of carbonyl (C=O) groups is 1. The van der Waals surface area contributed by atoms with Gasteiger partial charge in [0.1, 0.15) is 0 Å². The largest absolute Gasteiger partial charge is 0.509 e. The SMILES string of the molecule is CSS[C@@H](OC(=O)OC(C)C)C(C)C. The molecule has 0 amide bonds. The van der Waals surface area contributed by atoms with Crippen LogP contribution in [0, 0.1) is 5.92 Å². The van der Waals surface area contributed by atoms with Gasteiger partial charge in [0.2, 0.25) is 0 Å². The fourth-order valence-corrected chi connectivity index (χ4v) is 2.56. The van der Waals surface area contributed by atoms with Gasteiger partial charge in [0, 0.05) is 5.92 Å². The van der Waals surface area contributed by atoms with Crippen molar-refractivity contribution in [2.75, 3.05) is 6.26 Å². The minimum Gasteiger partial charge on any atom is -0.432 e. The minimum atomic E-state index is -0.583. The summed E-state index contributed by atoms with van der Waals surface area (Å²) in [5.41, 5.74) is -0.142. The zero-order valence-corrected chi connectivity index (χ0v) is 10.9. The average Bonchev–Trinajstić information content (AvgIpc) is 2.01. The van der Waals surface area contributed by atoms with Crippen LogP contribution in [0.2, 0.25) is 0 Å². The van der Waals surface area contributed by atoms with E-state index >= 15 is 0 Å². The van der Waals surface area contributed by atoms with Crippen LogP contribution in [0.15, 0.2) is 0 Å². The molecule has 0 aromatic carbocycles. The number of carbonyl (C=O) groups excluding carboxylic acids is 1. The molecule has 0 unspecified atom stereocenters. The molecule has 0 saturated carbocycles. The van der Waals surface area contributed by atoms with Crippen LogP contribution in [-0.4, -0.2) is 24.0 Å². The summed E-state index contributed by atoms with van der Waals surface area (Å²) in [6.07, 6.45) is 1.24.